The molecule has 0 unspecified atom stereocenters. The first-order chi connectivity index (χ1) is 15.4. The minimum atomic E-state index is -1.01. The number of hydrogen-bond acceptors (Lipinski definition) is 6. The topological polar surface area (TPSA) is 129 Å². The van der Waals surface area contributed by atoms with Gasteiger partial charge in [0.15, 0.2) is 0 Å². The first-order valence-corrected chi connectivity index (χ1v) is 10.1. The molecule has 2 rings (SSSR count). The van der Waals surface area contributed by atoms with E-state index in [0.29, 0.717) is 29.8 Å². The van der Waals surface area contributed by atoms with E-state index in [1.54, 1.807) is 54.6 Å². The minimum Gasteiger partial charge on any atom is -0.491 e. The number of hydrogen-bond donors (Lipinski definition) is 3. The van der Waals surface area contributed by atoms with Crippen molar-refractivity contribution < 1.29 is 29.3 Å². The number of carboxylic acid groups (broad SMARTS) is 1. The van der Waals surface area contributed by atoms with Gasteiger partial charge in [0.25, 0.3) is 0 Å². The van der Waals surface area contributed by atoms with Crippen LogP contribution in [0.4, 0.5) is 10.5 Å². The summed E-state index contributed by atoms with van der Waals surface area (Å²) >= 11 is 0. The fraction of sp³-hybridized carbons (Fsp3) is 0.292. The van der Waals surface area contributed by atoms with Crippen LogP contribution in [-0.4, -0.2) is 35.5 Å². The Morgan fingerprint density at radius 2 is 1.84 bits per heavy atom. The number of aliphatic carboxylic acids is 1. The number of allylic oxidation sites excluding steroid dienone is 1. The Hall–Kier alpha value is -3.83. The molecule has 0 aliphatic carbocycles. The third-order valence-electron chi connectivity index (χ3n) is 4.63. The van der Waals surface area contributed by atoms with E-state index < -0.39 is 18.2 Å². The van der Waals surface area contributed by atoms with Gasteiger partial charge in [-0.15, -0.1) is 0 Å². The number of ether oxygens (including phenoxy) is 2. The molecule has 1 amide bonds. The number of benzene rings is 2. The average Bonchev–Trinajstić information content (AvgIpc) is 2.79. The molecular formula is C24H26N2O6. The lowest BCUT2D eigenvalue weighted by Crippen LogP contribution is -2.22. The van der Waals surface area contributed by atoms with E-state index in [4.69, 9.17) is 24.9 Å². The lowest BCUT2D eigenvalue weighted by molar-refractivity contribution is -0.131. The largest absolute Gasteiger partial charge is 0.491 e. The number of nitrogens with one attached hydrogen (secondary N) is 1. The van der Waals surface area contributed by atoms with Gasteiger partial charge in [0.05, 0.1) is 18.2 Å². The first-order valence-electron chi connectivity index (χ1n) is 10.1. The number of nitrogens with zero attached hydrogens (tertiary/aromatic N) is 1. The summed E-state index contributed by atoms with van der Waals surface area (Å²) in [7, 11) is 0. The SMILES string of the molecule is C[C@H](CC/C=C/C(=O)O)[C@H](OC(=O)Nc1ccc(C#N)cc1)c1ccc(OCCO)cc1. The molecule has 8 heteroatoms. The van der Waals surface area contributed by atoms with Crippen LogP contribution in [0.15, 0.2) is 60.7 Å². The number of aliphatic hydroxyl groups excluding tert-OH is 1. The van der Waals surface area contributed by atoms with Crippen LogP contribution in [0.1, 0.15) is 37.0 Å². The molecule has 0 radical (unpaired) electrons. The van der Waals surface area contributed by atoms with Crippen LogP contribution in [0, 0.1) is 17.2 Å². The third kappa shape index (κ3) is 8.13. The van der Waals surface area contributed by atoms with Gasteiger partial charge in [-0.05, 0) is 60.7 Å². The van der Waals surface area contributed by atoms with E-state index >= 15 is 0 Å². The Balaban J connectivity index is 2.11. The molecule has 0 fully saturated rings. The van der Waals surface area contributed by atoms with Crippen LogP contribution >= 0.6 is 0 Å². The van der Waals surface area contributed by atoms with Crippen LogP contribution in [0.3, 0.4) is 0 Å². The van der Waals surface area contributed by atoms with Crippen molar-refractivity contribution in [2.75, 3.05) is 18.5 Å². The molecule has 0 spiro atoms. The van der Waals surface area contributed by atoms with Gasteiger partial charge < -0.3 is 19.7 Å². The zero-order valence-corrected chi connectivity index (χ0v) is 17.7. The van der Waals surface area contributed by atoms with E-state index in [9.17, 15) is 9.59 Å². The molecular weight excluding hydrogens is 412 g/mol. The van der Waals surface area contributed by atoms with Crippen LogP contribution in [0.25, 0.3) is 0 Å². The molecule has 2 aromatic carbocycles. The highest BCUT2D eigenvalue weighted by Crippen LogP contribution is 2.31. The zero-order chi connectivity index (χ0) is 23.3. The van der Waals surface area contributed by atoms with Gasteiger partial charge >= 0.3 is 12.1 Å². The molecule has 2 aromatic rings. The van der Waals surface area contributed by atoms with E-state index in [2.05, 4.69) is 5.32 Å². The van der Waals surface area contributed by atoms with Crippen molar-refractivity contribution in [3.63, 3.8) is 0 Å². The number of carbonyl (C=O) groups excluding carboxylic acids is 1. The first kappa shape index (κ1) is 24.4. The summed E-state index contributed by atoms with van der Waals surface area (Å²) in [6.45, 7) is 2.01. The zero-order valence-electron chi connectivity index (χ0n) is 17.7. The maximum atomic E-state index is 12.5. The second kappa shape index (κ2) is 12.8. The Labute approximate surface area is 186 Å². The molecule has 0 aliphatic rings. The van der Waals surface area contributed by atoms with E-state index in [-0.39, 0.29) is 19.1 Å². The van der Waals surface area contributed by atoms with Crippen molar-refractivity contribution in [2.24, 2.45) is 5.92 Å². The summed E-state index contributed by atoms with van der Waals surface area (Å²) in [5.41, 5.74) is 1.73. The molecule has 3 N–H and O–H groups in total. The number of anilines is 1. The number of amides is 1. The molecule has 0 aromatic heterocycles. The monoisotopic (exact) mass is 438 g/mol. The average molecular weight is 438 g/mol. The third-order valence-corrected chi connectivity index (χ3v) is 4.63. The van der Waals surface area contributed by atoms with Gasteiger partial charge in [-0.1, -0.05) is 25.1 Å². The van der Waals surface area contributed by atoms with Crippen LogP contribution in [0.5, 0.6) is 5.75 Å². The molecule has 0 saturated carbocycles. The summed E-state index contributed by atoms with van der Waals surface area (Å²) in [4.78, 5) is 23.2. The van der Waals surface area contributed by atoms with Gasteiger partial charge in [0.1, 0.15) is 18.5 Å². The Morgan fingerprint density at radius 1 is 1.16 bits per heavy atom. The van der Waals surface area contributed by atoms with Gasteiger partial charge in [-0.3, -0.25) is 5.32 Å². The van der Waals surface area contributed by atoms with E-state index in [1.807, 2.05) is 13.0 Å². The molecule has 32 heavy (non-hydrogen) atoms. The summed E-state index contributed by atoms with van der Waals surface area (Å²) < 4.78 is 11.1. The molecule has 0 aliphatic heterocycles. The molecule has 2 atom stereocenters. The summed E-state index contributed by atoms with van der Waals surface area (Å²) in [6.07, 6.45) is 2.54. The van der Waals surface area contributed by atoms with Crippen molar-refractivity contribution in [1.82, 2.24) is 0 Å². The highest BCUT2D eigenvalue weighted by atomic mass is 16.6. The maximum absolute atomic E-state index is 12.5. The number of carbonyl (C=O) groups is 2. The van der Waals surface area contributed by atoms with Crippen molar-refractivity contribution in [3.8, 4) is 11.8 Å². The van der Waals surface area contributed by atoms with Crippen LogP contribution in [-0.2, 0) is 9.53 Å². The Bertz CT molecular complexity index is 948. The molecule has 0 saturated heterocycles. The van der Waals surface area contributed by atoms with E-state index in [0.717, 1.165) is 11.6 Å². The standard InChI is InChI=1S/C24H26N2O6/c1-17(4-2-3-5-22(28)29)23(19-8-12-21(13-9-19)31-15-14-27)32-24(30)26-20-10-6-18(16-25)7-11-20/h3,5-13,17,23,27H,2,4,14-15H2,1H3,(H,26,30)(H,28,29)/b5-3+/t17-,23+/m1/s1. The van der Waals surface area contributed by atoms with Gasteiger partial charge in [0.2, 0.25) is 0 Å². The predicted molar refractivity (Wildman–Crippen MR) is 118 cm³/mol. The molecule has 168 valence electrons. The Morgan fingerprint density at radius 3 is 2.44 bits per heavy atom. The predicted octanol–water partition coefficient (Wildman–Crippen LogP) is 4.28. The normalized spacial score (nSPS) is 12.5. The highest BCUT2D eigenvalue weighted by Gasteiger charge is 2.23. The van der Waals surface area contributed by atoms with Crippen molar-refractivity contribution in [2.45, 2.75) is 25.9 Å². The van der Waals surface area contributed by atoms with Crippen LogP contribution in [0.2, 0.25) is 0 Å². The summed E-state index contributed by atoms with van der Waals surface area (Å²) in [5.74, 6) is -0.532. The number of rotatable bonds is 11. The number of carboxylic acids is 1. The minimum absolute atomic E-state index is 0.0934. The lowest BCUT2D eigenvalue weighted by atomic mass is 9.93. The molecule has 0 bridgehead atoms. The van der Waals surface area contributed by atoms with E-state index in [1.165, 1.54) is 0 Å². The summed E-state index contributed by atoms with van der Waals surface area (Å²) in [6, 6.07) is 15.5. The number of nitriles is 1. The van der Waals surface area contributed by atoms with Gasteiger partial charge in [-0.25, -0.2) is 9.59 Å². The summed E-state index contributed by atoms with van der Waals surface area (Å²) in [5, 5.41) is 29.2. The van der Waals surface area contributed by atoms with Crippen molar-refractivity contribution in [1.29, 1.82) is 5.26 Å². The van der Waals surface area contributed by atoms with Gasteiger partial charge in [-0.2, -0.15) is 5.26 Å². The highest BCUT2D eigenvalue weighted by molar-refractivity contribution is 5.84. The second-order valence-corrected chi connectivity index (χ2v) is 7.08. The van der Waals surface area contributed by atoms with Crippen LogP contribution < -0.4 is 10.1 Å². The maximum Gasteiger partial charge on any atom is 0.412 e. The smallest absolute Gasteiger partial charge is 0.412 e. The molecule has 0 heterocycles. The van der Waals surface area contributed by atoms with Crippen molar-refractivity contribution >= 4 is 17.7 Å². The fourth-order valence-corrected chi connectivity index (χ4v) is 3.02. The lowest BCUT2D eigenvalue weighted by Gasteiger charge is -2.25. The quantitative estimate of drug-likeness (QED) is 0.447. The van der Waals surface area contributed by atoms with Crippen molar-refractivity contribution in [3.05, 3.63) is 71.8 Å². The second-order valence-electron chi connectivity index (χ2n) is 7.08. The molecule has 8 nitrogen and oxygen atoms in total. The fourth-order valence-electron chi connectivity index (χ4n) is 3.02. The number of aliphatic hydroxyl groups is 1. The Kier molecular flexibility index (Phi) is 9.75. The van der Waals surface area contributed by atoms with Gasteiger partial charge in [0, 0.05) is 11.8 Å².